The van der Waals surface area contributed by atoms with Crippen LogP contribution in [0.15, 0.2) is 17.5 Å². The van der Waals surface area contributed by atoms with Crippen LogP contribution in [0.25, 0.3) is 0 Å². The molecule has 3 N–H and O–H groups in total. The molecule has 1 atom stereocenters. The van der Waals surface area contributed by atoms with E-state index in [9.17, 15) is 19.5 Å². The van der Waals surface area contributed by atoms with Crippen molar-refractivity contribution in [1.29, 1.82) is 0 Å². The SMILES string of the molecule is CC1(C)C(=O)NCCN1C(=O)NC(C(=O)O)c1cccs1. The molecule has 0 bridgehead atoms. The third-order valence-corrected chi connectivity index (χ3v) is 4.38. The van der Waals surface area contributed by atoms with Gasteiger partial charge in [0.1, 0.15) is 5.54 Å². The van der Waals surface area contributed by atoms with Crippen LogP contribution < -0.4 is 10.6 Å². The van der Waals surface area contributed by atoms with Crippen molar-refractivity contribution in [2.24, 2.45) is 0 Å². The Morgan fingerprint density at radius 2 is 2.24 bits per heavy atom. The molecule has 1 unspecified atom stereocenters. The molecule has 21 heavy (non-hydrogen) atoms. The minimum Gasteiger partial charge on any atom is -0.479 e. The molecule has 3 amide bonds. The van der Waals surface area contributed by atoms with Crippen molar-refractivity contribution >= 4 is 29.2 Å². The maximum absolute atomic E-state index is 12.3. The molecule has 0 aromatic carbocycles. The minimum absolute atomic E-state index is 0.258. The van der Waals surface area contributed by atoms with Gasteiger partial charge in [0, 0.05) is 18.0 Å². The summed E-state index contributed by atoms with van der Waals surface area (Å²) < 4.78 is 0. The molecule has 0 aliphatic carbocycles. The smallest absolute Gasteiger partial charge is 0.331 e. The van der Waals surface area contributed by atoms with Crippen molar-refractivity contribution in [2.75, 3.05) is 13.1 Å². The Kier molecular flexibility index (Phi) is 4.17. The molecule has 7 nitrogen and oxygen atoms in total. The molecule has 8 heteroatoms. The van der Waals surface area contributed by atoms with Crippen molar-refractivity contribution in [2.45, 2.75) is 25.4 Å². The first-order chi connectivity index (χ1) is 9.84. The van der Waals surface area contributed by atoms with Crippen LogP contribution in [0.3, 0.4) is 0 Å². The van der Waals surface area contributed by atoms with Gasteiger partial charge in [0.15, 0.2) is 6.04 Å². The lowest BCUT2D eigenvalue weighted by Crippen LogP contribution is -2.65. The monoisotopic (exact) mass is 311 g/mol. The molecule has 0 saturated carbocycles. The van der Waals surface area contributed by atoms with E-state index in [0.717, 1.165) is 0 Å². The van der Waals surface area contributed by atoms with E-state index in [2.05, 4.69) is 10.6 Å². The van der Waals surface area contributed by atoms with Crippen molar-refractivity contribution < 1.29 is 19.5 Å². The van der Waals surface area contributed by atoms with Crippen LogP contribution in [0.4, 0.5) is 4.79 Å². The average molecular weight is 311 g/mol. The van der Waals surface area contributed by atoms with Crippen LogP contribution in [0.2, 0.25) is 0 Å². The number of carboxylic acids is 1. The second kappa shape index (κ2) is 5.72. The number of nitrogens with one attached hydrogen (secondary N) is 2. The lowest BCUT2D eigenvalue weighted by molar-refractivity contribution is -0.139. The number of carboxylic acid groups (broad SMARTS) is 1. The molecule has 114 valence electrons. The molecule has 0 spiro atoms. The van der Waals surface area contributed by atoms with Gasteiger partial charge in [-0.1, -0.05) is 6.07 Å². The highest BCUT2D eigenvalue weighted by atomic mass is 32.1. The fourth-order valence-electron chi connectivity index (χ4n) is 2.17. The first-order valence-electron chi connectivity index (χ1n) is 6.46. The van der Waals surface area contributed by atoms with E-state index in [0.29, 0.717) is 18.0 Å². The normalized spacial score (nSPS) is 18.8. The highest BCUT2D eigenvalue weighted by molar-refractivity contribution is 7.10. The van der Waals surface area contributed by atoms with E-state index in [1.54, 1.807) is 31.4 Å². The summed E-state index contributed by atoms with van der Waals surface area (Å²) in [4.78, 5) is 37.4. The third-order valence-electron chi connectivity index (χ3n) is 3.44. The van der Waals surface area contributed by atoms with Gasteiger partial charge in [0.25, 0.3) is 0 Å². The largest absolute Gasteiger partial charge is 0.479 e. The maximum atomic E-state index is 12.3. The Labute approximate surface area is 125 Å². The summed E-state index contributed by atoms with van der Waals surface area (Å²) >= 11 is 1.26. The maximum Gasteiger partial charge on any atom is 0.331 e. The number of amides is 3. The van der Waals surface area contributed by atoms with E-state index in [1.165, 1.54) is 16.2 Å². The van der Waals surface area contributed by atoms with Crippen molar-refractivity contribution in [3.05, 3.63) is 22.4 Å². The second-order valence-electron chi connectivity index (χ2n) is 5.20. The average Bonchev–Trinajstić information content (AvgIpc) is 2.92. The summed E-state index contributed by atoms with van der Waals surface area (Å²) in [5.41, 5.74) is -1.01. The third kappa shape index (κ3) is 2.99. The predicted octanol–water partition coefficient (Wildman–Crippen LogP) is 0.794. The van der Waals surface area contributed by atoms with Crippen molar-refractivity contribution in [1.82, 2.24) is 15.5 Å². The van der Waals surface area contributed by atoms with Crippen molar-refractivity contribution in [3.63, 3.8) is 0 Å². The van der Waals surface area contributed by atoms with Crippen LogP contribution in [-0.4, -0.2) is 46.5 Å². The number of hydrogen-bond acceptors (Lipinski definition) is 4. The Morgan fingerprint density at radius 1 is 1.52 bits per heavy atom. The summed E-state index contributed by atoms with van der Waals surface area (Å²) in [6, 6.07) is 1.70. The Hall–Kier alpha value is -2.09. The zero-order valence-corrected chi connectivity index (χ0v) is 12.6. The van der Waals surface area contributed by atoms with Crippen LogP contribution in [0, 0.1) is 0 Å². The highest BCUT2D eigenvalue weighted by Crippen LogP contribution is 2.22. The van der Waals surface area contributed by atoms with Gasteiger partial charge in [0.05, 0.1) is 0 Å². The zero-order chi connectivity index (χ0) is 15.6. The number of hydrogen-bond donors (Lipinski definition) is 3. The standard InChI is InChI=1S/C13H17N3O4S/c1-13(2)11(19)14-5-6-16(13)12(20)15-9(10(17)18)8-4-3-7-21-8/h3-4,7,9H,5-6H2,1-2H3,(H,14,19)(H,15,20)(H,17,18). The molecule has 2 rings (SSSR count). The Bertz CT molecular complexity index is 556. The summed E-state index contributed by atoms with van der Waals surface area (Å²) in [7, 11) is 0. The number of rotatable bonds is 3. The van der Waals surface area contributed by atoms with Gasteiger partial charge in [-0.3, -0.25) is 4.79 Å². The number of carbonyl (C=O) groups excluding carboxylic acids is 2. The molecule has 2 heterocycles. The van der Waals surface area contributed by atoms with E-state index < -0.39 is 23.6 Å². The molecule has 1 aliphatic rings. The molecule has 0 radical (unpaired) electrons. The lowest BCUT2D eigenvalue weighted by Gasteiger charge is -2.41. The van der Waals surface area contributed by atoms with Gasteiger partial charge in [-0.25, -0.2) is 9.59 Å². The molecule has 1 saturated heterocycles. The topological polar surface area (TPSA) is 98.7 Å². The van der Waals surface area contributed by atoms with E-state index in [4.69, 9.17) is 0 Å². The fraction of sp³-hybridized carbons (Fsp3) is 0.462. The lowest BCUT2D eigenvalue weighted by atomic mass is 9.99. The molecule has 1 aromatic rings. The molecule has 1 fully saturated rings. The predicted molar refractivity (Wildman–Crippen MR) is 77.0 cm³/mol. The van der Waals surface area contributed by atoms with Gasteiger partial charge in [-0.15, -0.1) is 11.3 Å². The highest BCUT2D eigenvalue weighted by Gasteiger charge is 2.41. The number of carbonyl (C=O) groups is 3. The fourth-order valence-corrected chi connectivity index (χ4v) is 2.93. The van der Waals surface area contributed by atoms with Crippen LogP contribution in [-0.2, 0) is 9.59 Å². The number of aliphatic carboxylic acids is 1. The zero-order valence-electron chi connectivity index (χ0n) is 11.8. The number of nitrogens with zero attached hydrogens (tertiary/aromatic N) is 1. The Balaban J connectivity index is 2.16. The van der Waals surface area contributed by atoms with Gasteiger partial charge in [-0.05, 0) is 25.3 Å². The number of piperazine rings is 1. The molecular weight excluding hydrogens is 294 g/mol. The summed E-state index contributed by atoms with van der Waals surface area (Å²) in [6.07, 6.45) is 0. The minimum atomic E-state index is -1.13. The first-order valence-corrected chi connectivity index (χ1v) is 7.34. The summed E-state index contributed by atoms with van der Waals surface area (Å²) in [6.45, 7) is 3.94. The second-order valence-corrected chi connectivity index (χ2v) is 6.18. The van der Waals surface area contributed by atoms with Crippen LogP contribution in [0.1, 0.15) is 24.8 Å². The van der Waals surface area contributed by atoms with E-state index in [-0.39, 0.29) is 5.91 Å². The first kappa shape index (κ1) is 15.3. The van der Waals surface area contributed by atoms with Gasteiger partial charge >= 0.3 is 12.0 Å². The van der Waals surface area contributed by atoms with Gasteiger partial charge in [-0.2, -0.15) is 0 Å². The van der Waals surface area contributed by atoms with E-state index >= 15 is 0 Å². The summed E-state index contributed by atoms with van der Waals surface area (Å²) in [5, 5.41) is 16.2. The quantitative estimate of drug-likeness (QED) is 0.768. The Morgan fingerprint density at radius 3 is 2.81 bits per heavy atom. The van der Waals surface area contributed by atoms with Gasteiger partial charge in [0.2, 0.25) is 5.91 Å². The van der Waals surface area contributed by atoms with E-state index in [1.807, 2.05) is 0 Å². The van der Waals surface area contributed by atoms with Crippen molar-refractivity contribution in [3.8, 4) is 0 Å². The molecule has 1 aliphatic heterocycles. The molecular formula is C13H17N3O4S. The summed E-state index contributed by atoms with van der Waals surface area (Å²) in [5.74, 6) is -1.39. The van der Waals surface area contributed by atoms with Crippen LogP contribution in [0.5, 0.6) is 0 Å². The van der Waals surface area contributed by atoms with Crippen LogP contribution >= 0.6 is 11.3 Å². The number of thiophene rings is 1. The number of urea groups is 1. The van der Waals surface area contributed by atoms with Gasteiger partial charge < -0.3 is 20.6 Å². The molecule has 1 aromatic heterocycles.